The molecule has 1 amide bonds. The van der Waals surface area contributed by atoms with Crippen molar-refractivity contribution in [1.29, 1.82) is 0 Å². The molecular weight excluding hydrogens is 264 g/mol. The average molecular weight is 290 g/mol. The molecule has 4 nitrogen and oxygen atoms in total. The van der Waals surface area contributed by atoms with E-state index in [0.29, 0.717) is 12.1 Å². The first-order chi connectivity index (χ1) is 10.1. The molecule has 0 saturated carbocycles. The predicted molar refractivity (Wildman–Crippen MR) is 84.2 cm³/mol. The van der Waals surface area contributed by atoms with E-state index in [1.807, 2.05) is 4.90 Å². The van der Waals surface area contributed by atoms with Gasteiger partial charge in [-0.25, -0.2) is 0 Å². The van der Waals surface area contributed by atoms with Gasteiger partial charge in [0, 0.05) is 32.3 Å². The summed E-state index contributed by atoms with van der Waals surface area (Å²) in [5.41, 5.74) is 2.61. The van der Waals surface area contributed by atoms with E-state index in [1.54, 1.807) is 7.11 Å². The Balaban J connectivity index is 1.80. The van der Waals surface area contributed by atoms with E-state index in [0.717, 1.165) is 25.9 Å². The van der Waals surface area contributed by atoms with Crippen molar-refractivity contribution in [3.63, 3.8) is 0 Å². The number of carbonyl (C=O) groups is 1. The van der Waals surface area contributed by atoms with Crippen LogP contribution in [0.15, 0.2) is 24.3 Å². The van der Waals surface area contributed by atoms with Gasteiger partial charge >= 0.3 is 0 Å². The molecule has 0 radical (unpaired) electrons. The van der Waals surface area contributed by atoms with Crippen LogP contribution in [0.25, 0.3) is 0 Å². The van der Waals surface area contributed by atoms with Gasteiger partial charge in [0.2, 0.25) is 5.91 Å². The van der Waals surface area contributed by atoms with Gasteiger partial charge in [0.15, 0.2) is 0 Å². The smallest absolute Gasteiger partial charge is 0.248 e. The van der Waals surface area contributed by atoms with Crippen LogP contribution in [-0.4, -0.2) is 43.7 Å². The van der Waals surface area contributed by atoms with Crippen molar-refractivity contribution in [3.8, 4) is 0 Å². The highest BCUT2D eigenvalue weighted by molar-refractivity contribution is 5.77. The third kappa shape index (κ3) is 4.55. The highest BCUT2D eigenvalue weighted by atomic mass is 16.5. The van der Waals surface area contributed by atoms with Gasteiger partial charge in [0.05, 0.1) is 0 Å². The van der Waals surface area contributed by atoms with Gasteiger partial charge in [0.25, 0.3) is 0 Å². The molecular formula is C17H26N2O2. The maximum Gasteiger partial charge on any atom is 0.248 e. The van der Waals surface area contributed by atoms with E-state index in [-0.39, 0.29) is 12.5 Å². The highest BCUT2D eigenvalue weighted by Crippen LogP contribution is 2.18. The third-order valence-corrected chi connectivity index (χ3v) is 4.18. The zero-order valence-electron chi connectivity index (χ0n) is 13.3. The second-order valence-electron chi connectivity index (χ2n) is 5.89. The van der Waals surface area contributed by atoms with Gasteiger partial charge in [-0.2, -0.15) is 0 Å². The summed E-state index contributed by atoms with van der Waals surface area (Å²) in [6.07, 6.45) is 2.01. The van der Waals surface area contributed by atoms with Crippen LogP contribution in [-0.2, 0) is 9.53 Å². The second kappa shape index (κ2) is 7.57. The second-order valence-corrected chi connectivity index (χ2v) is 5.89. The average Bonchev–Trinajstić information content (AvgIpc) is 2.49. The lowest BCUT2D eigenvalue weighted by atomic mass is 10.0. The van der Waals surface area contributed by atoms with E-state index < -0.39 is 0 Å². The minimum absolute atomic E-state index is 0.0996. The summed E-state index contributed by atoms with van der Waals surface area (Å²) in [6.45, 7) is 6.14. The van der Waals surface area contributed by atoms with Gasteiger partial charge in [-0.05, 0) is 32.3 Å². The van der Waals surface area contributed by atoms with Gasteiger partial charge in [-0.3, -0.25) is 4.79 Å². The molecule has 1 atom stereocenters. The molecule has 116 valence electrons. The Morgan fingerprint density at radius 2 is 1.95 bits per heavy atom. The van der Waals surface area contributed by atoms with Crippen LogP contribution in [0.2, 0.25) is 0 Å². The van der Waals surface area contributed by atoms with Gasteiger partial charge in [0.1, 0.15) is 6.61 Å². The number of methoxy groups -OCH3 is 1. The Morgan fingerprint density at radius 3 is 2.52 bits per heavy atom. The number of ether oxygens (including phenoxy) is 1. The maximum absolute atomic E-state index is 11.8. The lowest BCUT2D eigenvalue weighted by molar-refractivity contribution is -0.136. The molecule has 1 fully saturated rings. The Labute approximate surface area is 127 Å². The molecule has 0 bridgehead atoms. The number of aryl methyl sites for hydroxylation is 1. The molecule has 0 spiro atoms. The van der Waals surface area contributed by atoms with Crippen LogP contribution in [0.3, 0.4) is 0 Å². The van der Waals surface area contributed by atoms with Crippen molar-refractivity contribution in [2.45, 2.75) is 38.8 Å². The van der Waals surface area contributed by atoms with E-state index in [2.05, 4.69) is 43.4 Å². The van der Waals surface area contributed by atoms with Crippen LogP contribution in [0.1, 0.15) is 36.9 Å². The lowest BCUT2D eigenvalue weighted by Crippen LogP contribution is -2.46. The van der Waals surface area contributed by atoms with Gasteiger partial charge in [-0.1, -0.05) is 29.8 Å². The van der Waals surface area contributed by atoms with Crippen LogP contribution < -0.4 is 5.32 Å². The van der Waals surface area contributed by atoms with Crippen LogP contribution in [0, 0.1) is 6.92 Å². The molecule has 1 aliphatic heterocycles. The first kappa shape index (κ1) is 16.0. The zero-order chi connectivity index (χ0) is 15.2. The summed E-state index contributed by atoms with van der Waals surface area (Å²) in [5.74, 6) is 0.0996. The Hall–Kier alpha value is -1.39. The van der Waals surface area contributed by atoms with Crippen molar-refractivity contribution in [2.24, 2.45) is 0 Å². The normalized spacial score (nSPS) is 17.8. The van der Waals surface area contributed by atoms with Crippen molar-refractivity contribution in [2.75, 3.05) is 26.8 Å². The molecule has 1 unspecified atom stereocenters. The summed E-state index contributed by atoms with van der Waals surface area (Å²) in [5, 5.41) is 3.68. The summed E-state index contributed by atoms with van der Waals surface area (Å²) < 4.78 is 4.91. The Morgan fingerprint density at radius 1 is 1.33 bits per heavy atom. The number of benzene rings is 1. The SMILES string of the molecule is COCC(=O)N1CCC(NC(C)c2ccc(C)cc2)CC1. The zero-order valence-corrected chi connectivity index (χ0v) is 13.3. The van der Waals surface area contributed by atoms with E-state index >= 15 is 0 Å². The maximum atomic E-state index is 11.8. The molecule has 0 aromatic heterocycles. The van der Waals surface area contributed by atoms with Crippen molar-refractivity contribution >= 4 is 5.91 Å². The molecule has 0 aliphatic carbocycles. The first-order valence-corrected chi connectivity index (χ1v) is 7.69. The molecule has 1 saturated heterocycles. The lowest BCUT2D eigenvalue weighted by Gasteiger charge is -2.34. The van der Waals surface area contributed by atoms with E-state index in [9.17, 15) is 4.79 Å². The van der Waals surface area contributed by atoms with Crippen LogP contribution >= 0.6 is 0 Å². The number of likely N-dealkylation sites (tertiary alicyclic amines) is 1. The molecule has 2 rings (SSSR count). The van der Waals surface area contributed by atoms with Crippen molar-refractivity contribution < 1.29 is 9.53 Å². The number of hydrogen-bond acceptors (Lipinski definition) is 3. The fourth-order valence-electron chi connectivity index (χ4n) is 2.82. The number of rotatable bonds is 5. The number of nitrogens with zero attached hydrogens (tertiary/aromatic N) is 1. The van der Waals surface area contributed by atoms with Crippen molar-refractivity contribution in [3.05, 3.63) is 35.4 Å². The monoisotopic (exact) mass is 290 g/mol. The van der Waals surface area contributed by atoms with E-state index in [4.69, 9.17) is 4.74 Å². The number of hydrogen-bond donors (Lipinski definition) is 1. The quantitative estimate of drug-likeness (QED) is 0.904. The van der Waals surface area contributed by atoms with Crippen LogP contribution in [0.5, 0.6) is 0 Å². The highest BCUT2D eigenvalue weighted by Gasteiger charge is 2.23. The number of amides is 1. The molecule has 1 heterocycles. The molecule has 1 aliphatic rings. The molecule has 1 aromatic carbocycles. The van der Waals surface area contributed by atoms with Crippen LogP contribution in [0.4, 0.5) is 0 Å². The minimum Gasteiger partial charge on any atom is -0.375 e. The summed E-state index contributed by atoms with van der Waals surface area (Å²) in [7, 11) is 1.56. The number of carbonyl (C=O) groups excluding carboxylic acids is 1. The molecule has 1 aromatic rings. The predicted octanol–water partition coefficient (Wildman–Crippen LogP) is 2.28. The summed E-state index contributed by atoms with van der Waals surface area (Å²) >= 11 is 0. The standard InChI is InChI=1S/C17H26N2O2/c1-13-4-6-15(7-5-13)14(2)18-16-8-10-19(11-9-16)17(20)12-21-3/h4-7,14,16,18H,8-12H2,1-3H3. The molecule has 21 heavy (non-hydrogen) atoms. The molecule has 4 heteroatoms. The fraction of sp³-hybridized carbons (Fsp3) is 0.588. The minimum atomic E-state index is 0.0996. The summed E-state index contributed by atoms with van der Waals surface area (Å²) in [6, 6.07) is 9.50. The molecule has 1 N–H and O–H groups in total. The van der Waals surface area contributed by atoms with E-state index in [1.165, 1.54) is 11.1 Å². The topological polar surface area (TPSA) is 41.6 Å². The Bertz CT molecular complexity index is 450. The first-order valence-electron chi connectivity index (χ1n) is 7.69. The third-order valence-electron chi connectivity index (χ3n) is 4.18. The van der Waals surface area contributed by atoms with Gasteiger partial charge < -0.3 is 15.0 Å². The fourth-order valence-corrected chi connectivity index (χ4v) is 2.82. The number of piperidine rings is 1. The van der Waals surface area contributed by atoms with Gasteiger partial charge in [-0.15, -0.1) is 0 Å². The summed E-state index contributed by atoms with van der Waals surface area (Å²) in [4.78, 5) is 13.7. The largest absolute Gasteiger partial charge is 0.375 e. The Kier molecular flexibility index (Phi) is 5.76. The van der Waals surface area contributed by atoms with Crippen molar-refractivity contribution in [1.82, 2.24) is 10.2 Å². The number of nitrogens with one attached hydrogen (secondary N) is 1.